The Kier molecular flexibility index (Phi) is 4.25. The molecule has 5 heteroatoms. The number of piperazine rings is 1. The molecule has 0 spiro atoms. The van der Waals surface area contributed by atoms with E-state index in [-0.39, 0.29) is 6.04 Å². The van der Waals surface area contributed by atoms with Crippen LogP contribution in [0.5, 0.6) is 11.5 Å². The quantitative estimate of drug-likeness (QED) is 0.892. The van der Waals surface area contributed by atoms with Crippen LogP contribution < -0.4 is 20.1 Å². The van der Waals surface area contributed by atoms with E-state index in [4.69, 9.17) is 9.47 Å². The molecule has 0 aromatic heterocycles. The van der Waals surface area contributed by atoms with E-state index in [2.05, 4.69) is 26.6 Å². The van der Waals surface area contributed by atoms with Gasteiger partial charge in [0.1, 0.15) is 11.5 Å². The minimum absolute atomic E-state index is 0.265. The number of hydrogen-bond donors (Lipinski definition) is 2. The molecule has 0 aliphatic carbocycles. The lowest BCUT2D eigenvalue weighted by Crippen LogP contribution is -2.42. The van der Waals surface area contributed by atoms with Crippen LogP contribution in [-0.2, 0) is 0 Å². The first-order valence-electron chi connectivity index (χ1n) is 5.61. The topological polar surface area (TPSA) is 42.5 Å². The van der Waals surface area contributed by atoms with Gasteiger partial charge < -0.3 is 20.1 Å². The minimum atomic E-state index is 0.265. The molecule has 1 aromatic carbocycles. The van der Waals surface area contributed by atoms with E-state index in [9.17, 15) is 0 Å². The molecule has 1 aromatic rings. The van der Waals surface area contributed by atoms with Crippen LogP contribution in [0.2, 0.25) is 0 Å². The lowest BCUT2D eigenvalue weighted by Gasteiger charge is -2.26. The van der Waals surface area contributed by atoms with Gasteiger partial charge in [-0.1, -0.05) is 0 Å². The fraction of sp³-hybridized carbons (Fsp3) is 0.500. The Bertz CT molecular complexity index is 392. The van der Waals surface area contributed by atoms with Crippen LogP contribution >= 0.6 is 15.9 Å². The highest BCUT2D eigenvalue weighted by atomic mass is 79.9. The highest BCUT2D eigenvalue weighted by molar-refractivity contribution is 9.10. The normalized spacial score (nSPS) is 20.1. The van der Waals surface area contributed by atoms with Crippen molar-refractivity contribution >= 4 is 15.9 Å². The molecular formula is C12H17BrN2O2. The fourth-order valence-corrected chi connectivity index (χ4v) is 2.51. The van der Waals surface area contributed by atoms with Crippen molar-refractivity contribution in [2.24, 2.45) is 0 Å². The second-order valence-electron chi connectivity index (χ2n) is 3.94. The van der Waals surface area contributed by atoms with Gasteiger partial charge in [-0.25, -0.2) is 0 Å². The van der Waals surface area contributed by atoms with Gasteiger partial charge in [-0.15, -0.1) is 0 Å². The molecule has 94 valence electrons. The van der Waals surface area contributed by atoms with Crippen molar-refractivity contribution in [2.45, 2.75) is 6.04 Å². The van der Waals surface area contributed by atoms with E-state index >= 15 is 0 Å². The van der Waals surface area contributed by atoms with E-state index < -0.39 is 0 Å². The molecule has 1 aliphatic rings. The van der Waals surface area contributed by atoms with Crippen LogP contribution in [0, 0.1) is 0 Å². The summed E-state index contributed by atoms with van der Waals surface area (Å²) in [7, 11) is 3.36. The summed E-state index contributed by atoms with van der Waals surface area (Å²) in [4.78, 5) is 0. The molecule has 0 radical (unpaired) electrons. The maximum atomic E-state index is 5.43. The van der Waals surface area contributed by atoms with Crippen molar-refractivity contribution < 1.29 is 9.47 Å². The van der Waals surface area contributed by atoms with Gasteiger partial charge in [-0.3, -0.25) is 0 Å². The number of nitrogens with one attached hydrogen (secondary N) is 2. The Morgan fingerprint density at radius 2 is 1.94 bits per heavy atom. The van der Waals surface area contributed by atoms with Crippen molar-refractivity contribution in [3.8, 4) is 11.5 Å². The maximum absolute atomic E-state index is 5.43. The third kappa shape index (κ3) is 2.73. The van der Waals surface area contributed by atoms with Crippen molar-refractivity contribution in [1.29, 1.82) is 0 Å². The highest BCUT2D eigenvalue weighted by Gasteiger charge is 2.20. The molecule has 0 unspecified atom stereocenters. The predicted molar refractivity (Wildman–Crippen MR) is 70.9 cm³/mol. The molecule has 4 nitrogen and oxygen atoms in total. The largest absolute Gasteiger partial charge is 0.496 e. The van der Waals surface area contributed by atoms with Gasteiger partial charge in [0, 0.05) is 31.2 Å². The summed E-state index contributed by atoms with van der Waals surface area (Å²) in [6.07, 6.45) is 0. The van der Waals surface area contributed by atoms with E-state index in [0.717, 1.165) is 41.2 Å². The Morgan fingerprint density at radius 1 is 1.18 bits per heavy atom. The third-order valence-electron chi connectivity index (χ3n) is 2.92. The number of hydrogen-bond acceptors (Lipinski definition) is 4. The van der Waals surface area contributed by atoms with Gasteiger partial charge in [-0.05, 0) is 28.1 Å². The smallest absolute Gasteiger partial charge is 0.133 e. The summed E-state index contributed by atoms with van der Waals surface area (Å²) in [5.74, 6) is 1.70. The van der Waals surface area contributed by atoms with Gasteiger partial charge in [0.15, 0.2) is 0 Å². The minimum Gasteiger partial charge on any atom is -0.496 e. The Hall–Kier alpha value is -0.780. The van der Waals surface area contributed by atoms with Gasteiger partial charge in [0.05, 0.1) is 18.7 Å². The molecule has 1 saturated heterocycles. The van der Waals surface area contributed by atoms with E-state index in [1.54, 1.807) is 14.2 Å². The van der Waals surface area contributed by atoms with E-state index in [1.165, 1.54) is 0 Å². The van der Waals surface area contributed by atoms with E-state index in [0.29, 0.717) is 0 Å². The number of halogens is 1. The second-order valence-corrected chi connectivity index (χ2v) is 4.79. The molecule has 0 amide bonds. The van der Waals surface area contributed by atoms with Gasteiger partial charge in [-0.2, -0.15) is 0 Å². The zero-order chi connectivity index (χ0) is 12.3. The molecule has 1 aliphatic heterocycles. The molecular weight excluding hydrogens is 284 g/mol. The number of methoxy groups -OCH3 is 2. The lowest BCUT2D eigenvalue weighted by molar-refractivity contribution is 0.374. The molecule has 1 heterocycles. The molecule has 0 bridgehead atoms. The average Bonchev–Trinajstić information content (AvgIpc) is 2.39. The fourth-order valence-electron chi connectivity index (χ4n) is 2.03. The number of rotatable bonds is 3. The van der Waals surface area contributed by atoms with Crippen LogP contribution in [0.3, 0.4) is 0 Å². The van der Waals surface area contributed by atoms with Crippen molar-refractivity contribution in [2.75, 3.05) is 33.9 Å². The Morgan fingerprint density at radius 3 is 2.53 bits per heavy atom. The summed E-state index contributed by atoms with van der Waals surface area (Å²) in [6, 6.07) is 4.23. The molecule has 0 saturated carbocycles. The van der Waals surface area contributed by atoms with Gasteiger partial charge in [0.2, 0.25) is 0 Å². The average molecular weight is 301 g/mol. The van der Waals surface area contributed by atoms with Crippen molar-refractivity contribution in [3.05, 3.63) is 22.2 Å². The third-order valence-corrected chi connectivity index (χ3v) is 3.54. The van der Waals surface area contributed by atoms with Crippen LogP contribution in [0.25, 0.3) is 0 Å². The maximum Gasteiger partial charge on any atom is 0.133 e. The Balaban J connectivity index is 2.35. The van der Waals surface area contributed by atoms with Crippen LogP contribution in [0.4, 0.5) is 0 Å². The SMILES string of the molecule is COc1cc([C@@H]2CNCCN2)c(OC)cc1Br. The summed E-state index contributed by atoms with van der Waals surface area (Å²) in [5.41, 5.74) is 1.12. The number of benzene rings is 1. The van der Waals surface area contributed by atoms with Crippen molar-refractivity contribution in [1.82, 2.24) is 10.6 Å². The number of ether oxygens (including phenoxy) is 2. The summed E-state index contributed by atoms with van der Waals surface area (Å²) in [6.45, 7) is 2.87. The second kappa shape index (κ2) is 5.71. The Labute approximate surface area is 110 Å². The standard InChI is InChI=1S/C12H17BrN2O2/c1-16-11-6-9(13)12(17-2)5-8(11)10-7-14-3-4-15-10/h5-6,10,14-15H,3-4,7H2,1-2H3/t10-/m0/s1. The zero-order valence-corrected chi connectivity index (χ0v) is 11.6. The van der Waals surface area contributed by atoms with Gasteiger partial charge >= 0.3 is 0 Å². The lowest BCUT2D eigenvalue weighted by atomic mass is 10.0. The first kappa shape index (κ1) is 12.7. The first-order chi connectivity index (χ1) is 8.26. The zero-order valence-electron chi connectivity index (χ0n) is 10.0. The monoisotopic (exact) mass is 300 g/mol. The molecule has 2 N–H and O–H groups in total. The van der Waals surface area contributed by atoms with Crippen LogP contribution in [0.1, 0.15) is 11.6 Å². The van der Waals surface area contributed by atoms with Crippen molar-refractivity contribution in [3.63, 3.8) is 0 Å². The first-order valence-corrected chi connectivity index (χ1v) is 6.41. The summed E-state index contributed by atoms with van der Waals surface area (Å²) < 4.78 is 11.7. The summed E-state index contributed by atoms with van der Waals surface area (Å²) >= 11 is 3.47. The van der Waals surface area contributed by atoms with Gasteiger partial charge in [0.25, 0.3) is 0 Å². The van der Waals surface area contributed by atoms with Crippen LogP contribution in [0.15, 0.2) is 16.6 Å². The molecule has 1 atom stereocenters. The predicted octanol–water partition coefficient (Wildman–Crippen LogP) is 1.70. The van der Waals surface area contributed by atoms with E-state index in [1.807, 2.05) is 12.1 Å². The highest BCUT2D eigenvalue weighted by Crippen LogP contribution is 2.35. The summed E-state index contributed by atoms with van der Waals surface area (Å²) in [5, 5.41) is 6.83. The molecule has 1 fully saturated rings. The molecule has 2 rings (SSSR count). The van der Waals surface area contributed by atoms with Crippen LogP contribution in [-0.4, -0.2) is 33.9 Å². The molecule has 17 heavy (non-hydrogen) atoms.